The Morgan fingerprint density at radius 3 is 2.38 bits per heavy atom. The molecule has 2 fully saturated rings. The molecule has 9 nitrogen and oxygen atoms in total. The third kappa shape index (κ3) is 3.91. The second-order valence-corrected chi connectivity index (χ2v) is 8.23. The van der Waals surface area contributed by atoms with Crippen LogP contribution in [-0.2, 0) is 9.53 Å². The molecule has 0 spiro atoms. The molecule has 0 radical (unpaired) electrons. The summed E-state index contributed by atoms with van der Waals surface area (Å²) in [5.41, 5.74) is 8.82. The van der Waals surface area contributed by atoms with Gasteiger partial charge >= 0.3 is 0 Å². The first-order chi connectivity index (χ1) is 15.6. The Bertz CT molecular complexity index is 1130. The number of carbonyl (C=O) groups is 2. The fourth-order valence-corrected chi connectivity index (χ4v) is 4.48. The highest BCUT2D eigenvalue weighted by molar-refractivity contribution is 5.95. The van der Waals surface area contributed by atoms with Crippen LogP contribution in [-0.4, -0.2) is 75.6 Å². The average molecular weight is 435 g/mol. The van der Waals surface area contributed by atoms with Gasteiger partial charge in [-0.3, -0.25) is 9.59 Å². The van der Waals surface area contributed by atoms with Gasteiger partial charge in [-0.05, 0) is 37.1 Å². The molecule has 2 amide bonds. The van der Waals surface area contributed by atoms with Crippen molar-refractivity contribution in [3.8, 4) is 11.3 Å². The number of rotatable bonds is 3. The van der Waals surface area contributed by atoms with Crippen LogP contribution in [0.1, 0.15) is 23.2 Å². The predicted molar refractivity (Wildman–Crippen MR) is 119 cm³/mol. The first-order valence-corrected chi connectivity index (χ1v) is 11.0. The molecule has 32 heavy (non-hydrogen) atoms. The minimum atomic E-state index is -0.00451. The van der Waals surface area contributed by atoms with Crippen molar-refractivity contribution in [2.75, 3.05) is 45.1 Å². The van der Waals surface area contributed by atoms with Gasteiger partial charge in [0.05, 0.1) is 18.9 Å². The number of ether oxygens (including phenoxy) is 1. The molecule has 0 saturated carbocycles. The lowest BCUT2D eigenvalue weighted by Crippen LogP contribution is -2.47. The summed E-state index contributed by atoms with van der Waals surface area (Å²) in [7, 11) is 0. The number of likely N-dealkylation sites (tertiary alicyclic amines) is 1. The van der Waals surface area contributed by atoms with Crippen LogP contribution in [0.25, 0.3) is 16.9 Å². The SMILES string of the molecule is Nc1nc2cccc(-c3ccc(C(=O)N4CCC(C(=O)N5CCOCC5)CC4)cc3)n2n1. The van der Waals surface area contributed by atoms with Crippen molar-refractivity contribution in [2.45, 2.75) is 12.8 Å². The molecule has 4 heterocycles. The van der Waals surface area contributed by atoms with E-state index in [1.165, 1.54) is 0 Å². The third-order valence-corrected chi connectivity index (χ3v) is 6.26. The molecule has 2 aliphatic rings. The molecule has 0 atom stereocenters. The van der Waals surface area contributed by atoms with E-state index in [0.29, 0.717) is 63.4 Å². The number of hydrogen-bond donors (Lipinski definition) is 1. The monoisotopic (exact) mass is 434 g/mol. The number of benzene rings is 1. The summed E-state index contributed by atoms with van der Waals surface area (Å²) in [6.45, 7) is 3.74. The van der Waals surface area contributed by atoms with Crippen LogP contribution in [0.3, 0.4) is 0 Å². The molecule has 9 heteroatoms. The molecule has 1 aromatic carbocycles. The Labute approximate surface area is 185 Å². The summed E-state index contributed by atoms with van der Waals surface area (Å²) >= 11 is 0. The smallest absolute Gasteiger partial charge is 0.253 e. The molecule has 0 bridgehead atoms. The molecule has 3 aromatic rings. The van der Waals surface area contributed by atoms with Gasteiger partial charge in [0.2, 0.25) is 11.9 Å². The molecule has 5 rings (SSSR count). The van der Waals surface area contributed by atoms with Crippen molar-refractivity contribution in [3.63, 3.8) is 0 Å². The Morgan fingerprint density at radius 1 is 0.938 bits per heavy atom. The number of anilines is 1. The Kier molecular flexibility index (Phi) is 5.48. The molecule has 0 aliphatic carbocycles. The number of fused-ring (bicyclic) bond motifs is 1. The molecule has 2 aliphatic heterocycles. The standard InChI is InChI=1S/C23H26N6O3/c24-23-25-20-3-1-2-19(29(20)26-23)16-4-6-17(7-5-16)21(30)27-10-8-18(9-11-27)22(31)28-12-14-32-15-13-28/h1-7,18H,8-15H2,(H2,24,26). The number of aromatic nitrogens is 3. The highest BCUT2D eigenvalue weighted by Gasteiger charge is 2.31. The van der Waals surface area contributed by atoms with E-state index in [1.54, 1.807) is 4.52 Å². The molecular weight excluding hydrogens is 408 g/mol. The highest BCUT2D eigenvalue weighted by Crippen LogP contribution is 2.24. The normalized spacial score (nSPS) is 17.6. The number of morpholine rings is 1. The lowest BCUT2D eigenvalue weighted by atomic mass is 9.94. The quantitative estimate of drug-likeness (QED) is 0.672. The number of carbonyl (C=O) groups excluding carboxylic acids is 2. The third-order valence-electron chi connectivity index (χ3n) is 6.26. The number of piperidine rings is 1. The molecule has 0 unspecified atom stereocenters. The number of hydrogen-bond acceptors (Lipinski definition) is 6. The van der Waals surface area contributed by atoms with Gasteiger partial charge in [-0.15, -0.1) is 5.10 Å². The van der Waals surface area contributed by atoms with Crippen LogP contribution in [0.5, 0.6) is 0 Å². The lowest BCUT2D eigenvalue weighted by molar-refractivity contribution is -0.141. The van der Waals surface area contributed by atoms with Gasteiger partial charge < -0.3 is 20.3 Å². The molecule has 166 valence electrons. The zero-order valence-electron chi connectivity index (χ0n) is 17.8. The fourth-order valence-electron chi connectivity index (χ4n) is 4.48. The van der Waals surface area contributed by atoms with Crippen LogP contribution in [0.4, 0.5) is 5.95 Å². The van der Waals surface area contributed by atoms with Gasteiger partial charge in [-0.2, -0.15) is 4.98 Å². The molecule has 2 aromatic heterocycles. The minimum absolute atomic E-state index is 0.00275. The summed E-state index contributed by atoms with van der Waals surface area (Å²) in [6.07, 6.45) is 1.41. The van der Waals surface area contributed by atoms with Gasteiger partial charge in [0.1, 0.15) is 0 Å². The van der Waals surface area contributed by atoms with Gasteiger partial charge in [0.15, 0.2) is 5.65 Å². The van der Waals surface area contributed by atoms with Gasteiger partial charge in [-0.25, -0.2) is 4.52 Å². The minimum Gasteiger partial charge on any atom is -0.378 e. The van der Waals surface area contributed by atoms with Gasteiger partial charge in [-0.1, -0.05) is 18.2 Å². The maximum absolute atomic E-state index is 13.0. The first-order valence-electron chi connectivity index (χ1n) is 11.0. The predicted octanol–water partition coefficient (Wildman–Crippen LogP) is 1.69. The fraction of sp³-hybridized carbons (Fsp3) is 0.391. The van der Waals surface area contributed by atoms with Gasteiger partial charge in [0.25, 0.3) is 5.91 Å². The van der Waals surface area contributed by atoms with Crippen molar-refractivity contribution < 1.29 is 14.3 Å². The highest BCUT2D eigenvalue weighted by atomic mass is 16.5. The van der Waals surface area contributed by atoms with E-state index in [4.69, 9.17) is 10.5 Å². The summed E-state index contributed by atoms with van der Waals surface area (Å²) in [5, 5.41) is 4.25. The number of nitrogens with two attached hydrogens (primary N) is 1. The van der Waals surface area contributed by atoms with Crippen molar-refractivity contribution in [1.29, 1.82) is 0 Å². The average Bonchev–Trinajstić information content (AvgIpc) is 3.24. The number of amides is 2. The van der Waals surface area contributed by atoms with Crippen LogP contribution in [0, 0.1) is 5.92 Å². The maximum atomic E-state index is 13.0. The Hall–Kier alpha value is -3.46. The number of pyridine rings is 1. The summed E-state index contributed by atoms with van der Waals surface area (Å²) in [4.78, 5) is 33.7. The zero-order chi connectivity index (χ0) is 22.1. The Balaban J connectivity index is 1.24. The van der Waals surface area contributed by atoms with Crippen LogP contribution < -0.4 is 5.73 Å². The zero-order valence-corrected chi connectivity index (χ0v) is 17.8. The molecule has 2 N–H and O–H groups in total. The van der Waals surface area contributed by atoms with E-state index in [1.807, 2.05) is 52.3 Å². The van der Waals surface area contributed by atoms with Crippen molar-refractivity contribution in [2.24, 2.45) is 5.92 Å². The van der Waals surface area contributed by atoms with Crippen LogP contribution >= 0.6 is 0 Å². The number of nitrogen functional groups attached to an aromatic ring is 1. The number of nitrogens with zero attached hydrogens (tertiary/aromatic N) is 5. The first kappa shape index (κ1) is 20.4. The topological polar surface area (TPSA) is 106 Å². The van der Waals surface area contributed by atoms with Gasteiger partial charge in [0, 0.05) is 43.2 Å². The molecule has 2 saturated heterocycles. The Morgan fingerprint density at radius 2 is 1.66 bits per heavy atom. The van der Waals surface area contributed by atoms with Crippen LogP contribution in [0.2, 0.25) is 0 Å². The van der Waals surface area contributed by atoms with E-state index in [-0.39, 0.29) is 23.7 Å². The van der Waals surface area contributed by atoms with E-state index in [9.17, 15) is 9.59 Å². The summed E-state index contributed by atoms with van der Waals surface area (Å²) in [5.74, 6) is 0.416. The second-order valence-electron chi connectivity index (χ2n) is 8.23. The van der Waals surface area contributed by atoms with Crippen LogP contribution in [0.15, 0.2) is 42.5 Å². The summed E-state index contributed by atoms with van der Waals surface area (Å²) in [6, 6.07) is 13.2. The lowest BCUT2D eigenvalue weighted by Gasteiger charge is -2.35. The van der Waals surface area contributed by atoms with E-state index in [2.05, 4.69) is 10.1 Å². The van der Waals surface area contributed by atoms with Crippen molar-refractivity contribution in [3.05, 3.63) is 48.0 Å². The van der Waals surface area contributed by atoms with E-state index in [0.717, 1.165) is 11.3 Å². The van der Waals surface area contributed by atoms with Crippen molar-refractivity contribution in [1.82, 2.24) is 24.4 Å². The molecular formula is C23H26N6O3. The second kappa shape index (κ2) is 8.58. The summed E-state index contributed by atoms with van der Waals surface area (Å²) < 4.78 is 7.03. The largest absolute Gasteiger partial charge is 0.378 e. The maximum Gasteiger partial charge on any atom is 0.253 e. The van der Waals surface area contributed by atoms with E-state index < -0.39 is 0 Å². The van der Waals surface area contributed by atoms with E-state index >= 15 is 0 Å². The van der Waals surface area contributed by atoms with Crippen molar-refractivity contribution >= 4 is 23.4 Å².